The predicted octanol–water partition coefficient (Wildman–Crippen LogP) is 15.2. The maximum Gasteiger partial charge on any atom is 0.0468 e. The Hall–Kier alpha value is -5.86. The lowest BCUT2D eigenvalue weighted by atomic mass is 9.87. The second-order valence-electron chi connectivity index (χ2n) is 16.7. The molecule has 0 radical (unpaired) electrons. The molecule has 54 heavy (non-hydrogen) atoms. The minimum atomic E-state index is 0.105. The molecule has 0 saturated carbocycles. The van der Waals surface area contributed by atoms with Crippen molar-refractivity contribution in [2.45, 2.75) is 66.2 Å². The van der Waals surface area contributed by atoms with Gasteiger partial charge in [0, 0.05) is 34.1 Å². The van der Waals surface area contributed by atoms with E-state index in [2.05, 4.69) is 235 Å². The molecule has 0 aliphatic carbocycles. The Morgan fingerprint density at radius 2 is 0.648 bits per heavy atom. The third kappa shape index (κ3) is 8.19. The van der Waals surface area contributed by atoms with E-state index in [4.69, 9.17) is 0 Å². The van der Waals surface area contributed by atoms with Gasteiger partial charge in [0.2, 0.25) is 0 Å². The van der Waals surface area contributed by atoms with Crippen LogP contribution >= 0.6 is 0 Å². The standard InChI is InChI=1S/C52H52N2/c1-37-9-24-45(25-10-37)53(48-31-20-43(21-32-48)51(3,4)5)47-28-16-39(17-29-47)13-14-40-15-18-42-36-50(30-19-41(42)35-40)54(46-26-11-38(2)12-27-46)49-33-22-44(23-34-49)52(6,7)8/h9-36H,1-8H3/b14-13+. The van der Waals surface area contributed by atoms with Gasteiger partial charge in [-0.1, -0.05) is 144 Å². The van der Waals surface area contributed by atoms with Gasteiger partial charge in [-0.25, -0.2) is 0 Å². The predicted molar refractivity (Wildman–Crippen MR) is 236 cm³/mol. The average molecular weight is 705 g/mol. The fraction of sp³-hybridized carbons (Fsp3) is 0.192. The number of hydrogen-bond donors (Lipinski definition) is 0. The molecule has 0 aromatic heterocycles. The molecule has 0 amide bonds. The molecule has 0 aliphatic rings. The van der Waals surface area contributed by atoms with Crippen molar-refractivity contribution in [1.29, 1.82) is 0 Å². The van der Waals surface area contributed by atoms with Crippen molar-refractivity contribution in [3.63, 3.8) is 0 Å². The highest BCUT2D eigenvalue weighted by molar-refractivity contribution is 5.91. The quantitative estimate of drug-likeness (QED) is 0.145. The van der Waals surface area contributed by atoms with Gasteiger partial charge in [0.25, 0.3) is 0 Å². The summed E-state index contributed by atoms with van der Waals surface area (Å²) >= 11 is 0. The number of fused-ring (bicyclic) bond motifs is 1. The van der Waals surface area contributed by atoms with Crippen molar-refractivity contribution in [2.24, 2.45) is 0 Å². The molecule has 2 nitrogen and oxygen atoms in total. The summed E-state index contributed by atoms with van der Waals surface area (Å²) in [6.07, 6.45) is 4.41. The van der Waals surface area contributed by atoms with E-state index in [1.54, 1.807) is 0 Å². The molecular formula is C52H52N2. The first-order chi connectivity index (χ1) is 25.8. The van der Waals surface area contributed by atoms with E-state index in [-0.39, 0.29) is 10.8 Å². The number of nitrogens with zero attached hydrogens (tertiary/aromatic N) is 2. The summed E-state index contributed by atoms with van der Waals surface area (Å²) in [5, 5.41) is 2.43. The lowest BCUT2D eigenvalue weighted by Gasteiger charge is -2.27. The maximum absolute atomic E-state index is 2.35. The van der Waals surface area contributed by atoms with E-state index in [9.17, 15) is 0 Å². The van der Waals surface area contributed by atoms with Crippen LogP contribution in [0.2, 0.25) is 0 Å². The van der Waals surface area contributed by atoms with Gasteiger partial charge in [-0.2, -0.15) is 0 Å². The van der Waals surface area contributed by atoms with Crippen LogP contribution in [-0.2, 0) is 10.8 Å². The monoisotopic (exact) mass is 704 g/mol. The van der Waals surface area contributed by atoms with Crippen LogP contribution in [0, 0.1) is 13.8 Å². The average Bonchev–Trinajstić information content (AvgIpc) is 3.16. The van der Waals surface area contributed by atoms with Gasteiger partial charge in [0.1, 0.15) is 0 Å². The Bertz CT molecular complexity index is 2370. The van der Waals surface area contributed by atoms with Crippen molar-refractivity contribution >= 4 is 57.0 Å². The second kappa shape index (κ2) is 14.9. The summed E-state index contributed by atoms with van der Waals surface area (Å²) < 4.78 is 0. The minimum Gasteiger partial charge on any atom is -0.311 e. The zero-order valence-corrected chi connectivity index (χ0v) is 33.1. The van der Waals surface area contributed by atoms with Gasteiger partial charge in [0.05, 0.1) is 0 Å². The van der Waals surface area contributed by atoms with E-state index in [1.165, 1.54) is 38.6 Å². The zero-order valence-electron chi connectivity index (χ0n) is 33.1. The Morgan fingerprint density at radius 1 is 0.333 bits per heavy atom. The highest BCUT2D eigenvalue weighted by Crippen LogP contribution is 2.39. The smallest absolute Gasteiger partial charge is 0.0468 e. The molecule has 0 heterocycles. The molecule has 0 saturated heterocycles. The zero-order chi connectivity index (χ0) is 38.0. The van der Waals surface area contributed by atoms with Crippen LogP contribution in [0.15, 0.2) is 158 Å². The van der Waals surface area contributed by atoms with Crippen LogP contribution in [0.3, 0.4) is 0 Å². The molecule has 0 N–H and O–H groups in total. The number of aryl methyl sites for hydroxylation is 2. The number of rotatable bonds is 8. The molecule has 0 fully saturated rings. The van der Waals surface area contributed by atoms with E-state index >= 15 is 0 Å². The number of benzene rings is 7. The summed E-state index contributed by atoms with van der Waals surface area (Å²) in [7, 11) is 0. The topological polar surface area (TPSA) is 6.48 Å². The minimum absolute atomic E-state index is 0.105. The SMILES string of the molecule is Cc1ccc(N(c2ccc(/C=C/c3ccc4cc(N(c5ccc(C)cc5)c5ccc(C(C)(C)C)cc5)ccc4c3)cc2)c2ccc(C(C)(C)C)cc2)cc1. The van der Waals surface area contributed by atoms with E-state index in [0.29, 0.717) is 0 Å². The Balaban J connectivity index is 1.14. The first-order valence-corrected chi connectivity index (χ1v) is 19.1. The third-order valence-electron chi connectivity index (χ3n) is 10.3. The highest BCUT2D eigenvalue weighted by atomic mass is 15.1. The molecule has 7 aromatic rings. The molecule has 2 heteroatoms. The van der Waals surface area contributed by atoms with Crippen molar-refractivity contribution < 1.29 is 0 Å². The maximum atomic E-state index is 2.35. The second-order valence-corrected chi connectivity index (χ2v) is 16.7. The summed E-state index contributed by atoms with van der Waals surface area (Å²) in [6, 6.07) is 57.9. The molecule has 0 bridgehead atoms. The normalized spacial score (nSPS) is 12.0. The Labute approximate surface area is 323 Å². The fourth-order valence-corrected chi connectivity index (χ4v) is 6.92. The highest BCUT2D eigenvalue weighted by Gasteiger charge is 2.18. The summed E-state index contributed by atoms with van der Waals surface area (Å²) in [5.41, 5.74) is 14.6. The van der Waals surface area contributed by atoms with E-state index in [1.807, 2.05) is 0 Å². The molecule has 7 rings (SSSR count). The van der Waals surface area contributed by atoms with Crippen LogP contribution in [-0.4, -0.2) is 0 Å². The Morgan fingerprint density at radius 3 is 1.09 bits per heavy atom. The van der Waals surface area contributed by atoms with Crippen LogP contribution in [0.25, 0.3) is 22.9 Å². The molecule has 0 aliphatic heterocycles. The largest absolute Gasteiger partial charge is 0.311 e. The third-order valence-corrected chi connectivity index (χ3v) is 10.3. The van der Waals surface area contributed by atoms with Crippen molar-refractivity contribution in [3.05, 3.63) is 191 Å². The van der Waals surface area contributed by atoms with Crippen molar-refractivity contribution in [3.8, 4) is 0 Å². The summed E-state index contributed by atoms with van der Waals surface area (Å²) in [5.74, 6) is 0. The van der Waals surface area contributed by atoms with Gasteiger partial charge in [-0.05, 0) is 137 Å². The summed E-state index contributed by atoms with van der Waals surface area (Å²) in [6.45, 7) is 17.8. The van der Waals surface area contributed by atoms with Crippen molar-refractivity contribution in [2.75, 3.05) is 9.80 Å². The molecule has 7 aromatic carbocycles. The lowest BCUT2D eigenvalue weighted by molar-refractivity contribution is 0.590. The molecule has 0 unspecified atom stereocenters. The first-order valence-electron chi connectivity index (χ1n) is 19.1. The molecule has 0 spiro atoms. The molecular weight excluding hydrogens is 653 g/mol. The number of anilines is 6. The van der Waals surface area contributed by atoms with Crippen molar-refractivity contribution in [1.82, 2.24) is 0 Å². The van der Waals surface area contributed by atoms with Gasteiger partial charge < -0.3 is 9.80 Å². The fourth-order valence-electron chi connectivity index (χ4n) is 6.92. The summed E-state index contributed by atoms with van der Waals surface area (Å²) in [4.78, 5) is 4.68. The lowest BCUT2D eigenvalue weighted by Crippen LogP contribution is -2.13. The number of hydrogen-bond acceptors (Lipinski definition) is 2. The van der Waals surface area contributed by atoms with Crippen LogP contribution in [0.5, 0.6) is 0 Å². The van der Waals surface area contributed by atoms with Crippen LogP contribution < -0.4 is 9.80 Å². The van der Waals surface area contributed by atoms with E-state index in [0.717, 1.165) is 39.7 Å². The Kier molecular flexibility index (Phi) is 10.1. The van der Waals surface area contributed by atoms with Gasteiger partial charge >= 0.3 is 0 Å². The molecule has 0 atom stereocenters. The van der Waals surface area contributed by atoms with Gasteiger partial charge in [0.15, 0.2) is 0 Å². The van der Waals surface area contributed by atoms with Crippen LogP contribution in [0.1, 0.15) is 74.9 Å². The molecule has 270 valence electrons. The van der Waals surface area contributed by atoms with Gasteiger partial charge in [-0.3, -0.25) is 0 Å². The first kappa shape index (κ1) is 36.5. The van der Waals surface area contributed by atoms with Crippen LogP contribution in [0.4, 0.5) is 34.1 Å². The van der Waals surface area contributed by atoms with Gasteiger partial charge in [-0.15, -0.1) is 0 Å². The van der Waals surface area contributed by atoms with E-state index < -0.39 is 0 Å².